The van der Waals surface area contributed by atoms with Gasteiger partial charge >= 0.3 is 6.03 Å². The van der Waals surface area contributed by atoms with Crippen LogP contribution in [0.5, 0.6) is 5.75 Å². The van der Waals surface area contributed by atoms with Crippen molar-refractivity contribution in [2.45, 2.75) is 57.2 Å². The van der Waals surface area contributed by atoms with Crippen molar-refractivity contribution in [2.24, 2.45) is 0 Å². The summed E-state index contributed by atoms with van der Waals surface area (Å²) < 4.78 is 5.57. The number of urea groups is 1. The van der Waals surface area contributed by atoms with Gasteiger partial charge in [0.05, 0.1) is 12.3 Å². The normalized spacial score (nSPS) is 25.9. The number of amides is 2. The maximum absolute atomic E-state index is 12.5. The molecule has 2 aliphatic heterocycles. The molecule has 0 aromatic heterocycles. The zero-order valence-electron chi connectivity index (χ0n) is 15.0. The van der Waals surface area contributed by atoms with Crippen LogP contribution in [0.1, 0.15) is 39.0 Å². The molecule has 2 bridgehead atoms. The molecule has 5 nitrogen and oxygen atoms in total. The molecular weight excluding hydrogens is 314 g/mol. The lowest BCUT2D eigenvalue weighted by molar-refractivity contribution is 0.0375. The summed E-state index contributed by atoms with van der Waals surface area (Å²) in [6, 6.07) is 8.76. The van der Waals surface area contributed by atoms with Gasteiger partial charge in [-0.25, -0.2) is 4.79 Å². The summed E-state index contributed by atoms with van der Waals surface area (Å²) >= 11 is 0. The molecule has 0 aliphatic carbocycles. The third-order valence-electron chi connectivity index (χ3n) is 5.24. The van der Waals surface area contributed by atoms with E-state index in [4.69, 9.17) is 4.74 Å². The molecule has 5 heteroatoms. The van der Waals surface area contributed by atoms with Crippen LogP contribution in [0.15, 0.2) is 36.9 Å². The summed E-state index contributed by atoms with van der Waals surface area (Å²) in [6.45, 7) is 7.35. The van der Waals surface area contributed by atoms with Crippen molar-refractivity contribution in [2.75, 3.05) is 18.5 Å². The second-order valence-corrected chi connectivity index (χ2v) is 6.92. The minimum absolute atomic E-state index is 0.146. The molecule has 2 N–H and O–H groups in total. The molecule has 3 atom stereocenters. The van der Waals surface area contributed by atoms with Gasteiger partial charge in [-0.3, -0.25) is 4.90 Å². The van der Waals surface area contributed by atoms with Crippen LogP contribution in [0.25, 0.3) is 0 Å². The highest BCUT2D eigenvalue weighted by atomic mass is 16.5. The number of ether oxygens (including phenoxy) is 1. The maximum Gasteiger partial charge on any atom is 0.319 e. The minimum Gasteiger partial charge on any atom is -0.492 e. The molecule has 136 valence electrons. The van der Waals surface area contributed by atoms with Crippen LogP contribution in [0.2, 0.25) is 0 Å². The fraction of sp³-hybridized carbons (Fsp3) is 0.550. The van der Waals surface area contributed by atoms with Crippen LogP contribution in [-0.4, -0.2) is 42.2 Å². The third-order valence-corrected chi connectivity index (χ3v) is 5.24. The Balaban J connectivity index is 1.58. The van der Waals surface area contributed by atoms with Gasteiger partial charge in [-0.2, -0.15) is 0 Å². The Morgan fingerprint density at radius 1 is 1.32 bits per heavy atom. The summed E-state index contributed by atoms with van der Waals surface area (Å²) in [5.41, 5.74) is 0.714. The predicted octanol–water partition coefficient (Wildman–Crippen LogP) is 3.78. The molecule has 2 heterocycles. The number of carbonyl (C=O) groups is 1. The van der Waals surface area contributed by atoms with E-state index in [1.807, 2.05) is 37.3 Å². The Kier molecular flexibility index (Phi) is 5.97. The topological polar surface area (TPSA) is 53.6 Å². The average molecular weight is 343 g/mol. The smallest absolute Gasteiger partial charge is 0.319 e. The summed E-state index contributed by atoms with van der Waals surface area (Å²) in [5.74, 6) is 0.706. The summed E-state index contributed by atoms with van der Waals surface area (Å²) in [5, 5.41) is 6.11. The monoisotopic (exact) mass is 343 g/mol. The van der Waals surface area contributed by atoms with E-state index in [1.54, 1.807) is 0 Å². The molecule has 3 rings (SSSR count). The van der Waals surface area contributed by atoms with Crippen molar-refractivity contribution in [1.82, 2.24) is 10.2 Å². The van der Waals surface area contributed by atoms with Crippen molar-refractivity contribution in [1.29, 1.82) is 0 Å². The largest absolute Gasteiger partial charge is 0.492 e. The number of benzene rings is 1. The van der Waals surface area contributed by atoms with E-state index in [2.05, 4.69) is 22.1 Å². The Bertz CT molecular complexity index is 590. The molecule has 1 aromatic rings. The Labute approximate surface area is 150 Å². The van der Waals surface area contributed by atoms with Crippen LogP contribution in [0.4, 0.5) is 10.5 Å². The fourth-order valence-corrected chi connectivity index (χ4v) is 4.24. The van der Waals surface area contributed by atoms with Crippen LogP contribution in [0, 0.1) is 0 Å². The highest BCUT2D eigenvalue weighted by molar-refractivity contribution is 5.91. The number of nitrogens with one attached hydrogen (secondary N) is 2. The van der Waals surface area contributed by atoms with Gasteiger partial charge in [0.25, 0.3) is 0 Å². The summed E-state index contributed by atoms with van der Waals surface area (Å²) in [4.78, 5) is 15.0. The lowest BCUT2D eigenvalue weighted by Crippen LogP contribution is -2.57. The standard InChI is InChI=1S/C20H29N3O2/c1-3-12-23-16-8-7-9-17(23)14-15(13-16)21-20(24)22-18-10-5-6-11-19(18)25-4-2/h3,5-6,10-11,15-17H,1,4,7-9,12-14H2,2H3,(H2,21,22,24)/t15?,16-,17+. The van der Waals surface area contributed by atoms with Gasteiger partial charge in [0, 0.05) is 24.7 Å². The Hall–Kier alpha value is -2.01. The molecule has 1 aromatic carbocycles. The van der Waals surface area contributed by atoms with Crippen molar-refractivity contribution < 1.29 is 9.53 Å². The molecule has 1 unspecified atom stereocenters. The van der Waals surface area contributed by atoms with E-state index < -0.39 is 0 Å². The molecule has 0 saturated carbocycles. The highest BCUT2D eigenvalue weighted by Gasteiger charge is 2.37. The molecule has 25 heavy (non-hydrogen) atoms. The van der Waals surface area contributed by atoms with Gasteiger partial charge in [0.2, 0.25) is 0 Å². The second-order valence-electron chi connectivity index (χ2n) is 6.92. The van der Waals surface area contributed by atoms with E-state index in [0.717, 1.165) is 19.4 Å². The summed E-state index contributed by atoms with van der Waals surface area (Å²) in [6.07, 6.45) is 7.77. The first-order chi connectivity index (χ1) is 12.2. The van der Waals surface area contributed by atoms with Gasteiger partial charge < -0.3 is 15.4 Å². The van der Waals surface area contributed by atoms with E-state index in [9.17, 15) is 4.79 Å². The minimum atomic E-state index is -0.146. The predicted molar refractivity (Wildman–Crippen MR) is 101 cm³/mol. The van der Waals surface area contributed by atoms with Crippen LogP contribution in [-0.2, 0) is 0 Å². The van der Waals surface area contributed by atoms with E-state index in [-0.39, 0.29) is 12.1 Å². The molecular formula is C20H29N3O2. The van der Waals surface area contributed by atoms with E-state index in [1.165, 1.54) is 19.3 Å². The molecule has 2 fully saturated rings. The Morgan fingerprint density at radius 2 is 2.04 bits per heavy atom. The lowest BCUT2D eigenvalue weighted by atomic mass is 9.82. The Morgan fingerprint density at radius 3 is 2.72 bits per heavy atom. The van der Waals surface area contributed by atoms with Gasteiger partial charge in [-0.05, 0) is 44.7 Å². The number of carbonyl (C=O) groups excluding carboxylic acids is 1. The molecule has 2 aliphatic rings. The number of nitrogens with zero attached hydrogens (tertiary/aromatic N) is 1. The molecule has 0 radical (unpaired) electrons. The van der Waals surface area contributed by atoms with Crippen LogP contribution < -0.4 is 15.4 Å². The van der Waals surface area contributed by atoms with Crippen molar-refractivity contribution in [3.8, 4) is 5.75 Å². The highest BCUT2D eigenvalue weighted by Crippen LogP contribution is 2.34. The van der Waals surface area contributed by atoms with Crippen molar-refractivity contribution in [3.63, 3.8) is 0 Å². The van der Waals surface area contributed by atoms with E-state index >= 15 is 0 Å². The summed E-state index contributed by atoms with van der Waals surface area (Å²) in [7, 11) is 0. The first-order valence-electron chi connectivity index (χ1n) is 9.37. The number of piperidine rings is 2. The molecule has 2 amide bonds. The number of fused-ring (bicyclic) bond motifs is 2. The van der Waals surface area contributed by atoms with Gasteiger partial charge in [0.15, 0.2) is 0 Å². The maximum atomic E-state index is 12.5. The lowest BCUT2D eigenvalue weighted by Gasteiger charge is -2.48. The number of anilines is 1. The number of hydrogen-bond donors (Lipinski definition) is 2. The van der Waals surface area contributed by atoms with E-state index in [0.29, 0.717) is 30.1 Å². The SMILES string of the molecule is C=CCN1[C@@H]2CCC[C@H]1CC(NC(=O)Nc1ccccc1OCC)C2. The number of rotatable bonds is 6. The van der Waals surface area contributed by atoms with Crippen LogP contribution >= 0.6 is 0 Å². The van der Waals surface area contributed by atoms with Crippen LogP contribution in [0.3, 0.4) is 0 Å². The number of hydrogen-bond acceptors (Lipinski definition) is 3. The third kappa shape index (κ3) is 4.34. The van der Waals surface area contributed by atoms with Crippen molar-refractivity contribution >= 4 is 11.7 Å². The molecule has 2 saturated heterocycles. The zero-order valence-corrected chi connectivity index (χ0v) is 15.0. The first kappa shape index (κ1) is 17.8. The van der Waals surface area contributed by atoms with Gasteiger partial charge in [-0.1, -0.05) is 24.6 Å². The van der Waals surface area contributed by atoms with Gasteiger partial charge in [-0.15, -0.1) is 6.58 Å². The zero-order chi connectivity index (χ0) is 17.6. The number of para-hydroxylation sites is 2. The fourth-order valence-electron chi connectivity index (χ4n) is 4.24. The quantitative estimate of drug-likeness (QED) is 0.773. The van der Waals surface area contributed by atoms with Gasteiger partial charge in [0.1, 0.15) is 5.75 Å². The first-order valence-corrected chi connectivity index (χ1v) is 9.37. The average Bonchev–Trinajstić information content (AvgIpc) is 2.58. The van der Waals surface area contributed by atoms with Crippen molar-refractivity contribution in [3.05, 3.63) is 36.9 Å². The molecule has 0 spiro atoms. The second kappa shape index (κ2) is 8.39.